The summed E-state index contributed by atoms with van der Waals surface area (Å²) in [6.07, 6.45) is 7.02. The maximum absolute atomic E-state index is 11.6. The van der Waals surface area contributed by atoms with Gasteiger partial charge in [-0.1, -0.05) is 12.5 Å². The van der Waals surface area contributed by atoms with Crippen LogP contribution in [0.2, 0.25) is 0 Å². The average Bonchev–Trinajstić information content (AvgIpc) is 3.06. The molecular weight excluding hydrogens is 264 g/mol. The number of primary amides is 1. The minimum absolute atomic E-state index is 0.143. The lowest BCUT2D eigenvalue weighted by molar-refractivity contribution is -0.124. The Morgan fingerprint density at radius 1 is 1.29 bits per heavy atom. The van der Waals surface area contributed by atoms with Crippen LogP contribution in [0.25, 0.3) is 0 Å². The van der Waals surface area contributed by atoms with E-state index in [9.17, 15) is 4.79 Å². The summed E-state index contributed by atoms with van der Waals surface area (Å²) in [6, 6.07) is 6.37. The Labute approximate surface area is 125 Å². The largest absolute Gasteiger partial charge is 0.494 e. The van der Waals surface area contributed by atoms with E-state index in [0.717, 1.165) is 31.4 Å². The highest BCUT2D eigenvalue weighted by Gasteiger charge is 2.43. The van der Waals surface area contributed by atoms with Gasteiger partial charge in [0.25, 0.3) is 0 Å². The minimum atomic E-state index is -0.832. The van der Waals surface area contributed by atoms with E-state index in [4.69, 9.17) is 16.2 Å². The number of nitrogens with two attached hydrogens (primary N) is 2. The van der Waals surface area contributed by atoms with Crippen LogP contribution in [0.1, 0.15) is 43.2 Å². The quantitative estimate of drug-likeness (QED) is 0.869. The molecule has 1 aromatic rings. The third-order valence-corrected chi connectivity index (χ3v) is 5.14. The first kappa shape index (κ1) is 14.4. The Morgan fingerprint density at radius 3 is 2.90 bits per heavy atom. The maximum atomic E-state index is 11.6. The Bertz CT molecular complexity index is 544. The predicted molar refractivity (Wildman–Crippen MR) is 82.0 cm³/mol. The second-order valence-electron chi connectivity index (χ2n) is 6.41. The van der Waals surface area contributed by atoms with Crippen LogP contribution in [0.4, 0.5) is 0 Å². The number of hydrogen-bond donors (Lipinski definition) is 2. The van der Waals surface area contributed by atoms with E-state index in [1.807, 2.05) is 6.07 Å². The van der Waals surface area contributed by atoms with Crippen molar-refractivity contribution in [2.75, 3.05) is 6.61 Å². The zero-order chi connectivity index (χ0) is 14.9. The second kappa shape index (κ2) is 5.68. The van der Waals surface area contributed by atoms with Gasteiger partial charge >= 0.3 is 0 Å². The molecule has 0 aromatic heterocycles. The molecule has 3 rings (SSSR count). The summed E-state index contributed by atoms with van der Waals surface area (Å²) in [5, 5.41) is 0. The van der Waals surface area contributed by atoms with E-state index in [1.54, 1.807) is 0 Å². The third-order valence-electron chi connectivity index (χ3n) is 5.14. The summed E-state index contributed by atoms with van der Waals surface area (Å²) in [7, 11) is 0. The van der Waals surface area contributed by atoms with E-state index in [0.29, 0.717) is 13.0 Å². The summed E-state index contributed by atoms with van der Waals surface area (Å²) >= 11 is 0. The van der Waals surface area contributed by atoms with Crippen LogP contribution in [0.3, 0.4) is 0 Å². The van der Waals surface area contributed by atoms with Gasteiger partial charge in [0.15, 0.2) is 0 Å². The van der Waals surface area contributed by atoms with Gasteiger partial charge in [-0.3, -0.25) is 4.79 Å². The molecule has 4 N–H and O–H groups in total. The summed E-state index contributed by atoms with van der Waals surface area (Å²) in [6.45, 7) is 0.593. The fourth-order valence-electron chi connectivity index (χ4n) is 3.79. The smallest absolute Gasteiger partial charge is 0.237 e. The molecule has 1 aromatic carbocycles. The van der Waals surface area contributed by atoms with Crippen LogP contribution < -0.4 is 16.2 Å². The summed E-state index contributed by atoms with van der Waals surface area (Å²) in [4.78, 5) is 11.6. The number of aryl methyl sites for hydroxylation is 2. The normalized spacial score (nSPS) is 27.6. The highest BCUT2D eigenvalue weighted by Crippen LogP contribution is 2.36. The molecule has 114 valence electrons. The van der Waals surface area contributed by atoms with Crippen molar-refractivity contribution in [2.45, 2.75) is 50.5 Å². The highest BCUT2D eigenvalue weighted by molar-refractivity contribution is 5.85. The van der Waals surface area contributed by atoms with Gasteiger partial charge < -0.3 is 16.2 Å². The number of carbonyl (C=O) groups is 1. The van der Waals surface area contributed by atoms with Crippen molar-refractivity contribution in [3.8, 4) is 5.75 Å². The van der Waals surface area contributed by atoms with Crippen molar-refractivity contribution >= 4 is 5.91 Å². The number of amides is 1. The molecule has 1 amide bonds. The molecular formula is C17H24N2O2. The summed E-state index contributed by atoms with van der Waals surface area (Å²) in [5.41, 5.74) is 13.7. The highest BCUT2D eigenvalue weighted by atomic mass is 16.5. The van der Waals surface area contributed by atoms with Gasteiger partial charge in [0.1, 0.15) is 5.75 Å². The molecule has 0 saturated heterocycles. The lowest BCUT2D eigenvalue weighted by Gasteiger charge is -2.27. The zero-order valence-corrected chi connectivity index (χ0v) is 12.4. The predicted octanol–water partition coefficient (Wildman–Crippen LogP) is 1.93. The van der Waals surface area contributed by atoms with Gasteiger partial charge in [-0.15, -0.1) is 0 Å². The van der Waals surface area contributed by atoms with Crippen LogP contribution in [0.15, 0.2) is 18.2 Å². The van der Waals surface area contributed by atoms with Crippen molar-refractivity contribution in [1.29, 1.82) is 0 Å². The van der Waals surface area contributed by atoms with Gasteiger partial charge in [0.05, 0.1) is 12.1 Å². The van der Waals surface area contributed by atoms with Gasteiger partial charge in [-0.2, -0.15) is 0 Å². The first-order chi connectivity index (χ1) is 10.1. The molecule has 0 spiro atoms. The van der Waals surface area contributed by atoms with Crippen LogP contribution >= 0.6 is 0 Å². The Kier molecular flexibility index (Phi) is 3.89. The molecule has 21 heavy (non-hydrogen) atoms. The second-order valence-corrected chi connectivity index (χ2v) is 6.41. The fraction of sp³-hybridized carbons (Fsp3) is 0.588. The van der Waals surface area contributed by atoms with Crippen LogP contribution in [-0.2, 0) is 17.6 Å². The number of benzene rings is 1. The van der Waals surface area contributed by atoms with Gasteiger partial charge in [0.2, 0.25) is 5.91 Å². The molecule has 0 heterocycles. The zero-order valence-electron chi connectivity index (χ0n) is 12.4. The number of hydrogen-bond acceptors (Lipinski definition) is 3. The Balaban J connectivity index is 1.55. The number of ether oxygens (including phenoxy) is 1. The van der Waals surface area contributed by atoms with Crippen molar-refractivity contribution in [1.82, 2.24) is 0 Å². The van der Waals surface area contributed by atoms with Gasteiger partial charge in [-0.05, 0) is 67.7 Å². The van der Waals surface area contributed by atoms with Crippen molar-refractivity contribution in [2.24, 2.45) is 17.4 Å². The van der Waals surface area contributed by atoms with E-state index in [2.05, 4.69) is 12.1 Å². The first-order valence-electron chi connectivity index (χ1n) is 7.93. The Morgan fingerprint density at radius 2 is 2.10 bits per heavy atom. The standard InChI is InChI=1S/C17H24N2O2/c18-16(20)17(19)9-2-5-14(17)8-10-21-15-7-6-12-3-1-4-13(12)11-15/h6-7,11,14H,1-5,8-10,19H2,(H2,18,20). The van der Waals surface area contributed by atoms with E-state index in [-0.39, 0.29) is 11.8 Å². The molecule has 2 unspecified atom stereocenters. The number of carbonyl (C=O) groups excluding carboxylic acids is 1. The molecule has 4 nitrogen and oxygen atoms in total. The molecule has 2 atom stereocenters. The van der Waals surface area contributed by atoms with Gasteiger partial charge in [0, 0.05) is 0 Å². The van der Waals surface area contributed by atoms with Crippen molar-refractivity contribution < 1.29 is 9.53 Å². The molecule has 4 heteroatoms. The minimum Gasteiger partial charge on any atom is -0.494 e. The fourth-order valence-corrected chi connectivity index (χ4v) is 3.79. The number of rotatable bonds is 5. The molecule has 1 saturated carbocycles. The van der Waals surface area contributed by atoms with Crippen LogP contribution in [-0.4, -0.2) is 18.1 Å². The lowest BCUT2D eigenvalue weighted by atomic mass is 9.85. The lowest BCUT2D eigenvalue weighted by Crippen LogP contribution is -2.54. The molecule has 2 aliphatic rings. The topological polar surface area (TPSA) is 78.3 Å². The van der Waals surface area contributed by atoms with Crippen LogP contribution in [0.5, 0.6) is 5.75 Å². The van der Waals surface area contributed by atoms with Crippen LogP contribution in [0, 0.1) is 5.92 Å². The monoisotopic (exact) mass is 288 g/mol. The van der Waals surface area contributed by atoms with E-state index >= 15 is 0 Å². The molecule has 0 bridgehead atoms. The summed E-state index contributed by atoms with van der Waals surface area (Å²) < 4.78 is 5.86. The maximum Gasteiger partial charge on any atom is 0.237 e. The van der Waals surface area contributed by atoms with E-state index in [1.165, 1.54) is 24.0 Å². The average molecular weight is 288 g/mol. The summed E-state index contributed by atoms with van der Waals surface area (Å²) in [5.74, 6) is 0.697. The number of fused-ring (bicyclic) bond motifs is 1. The molecule has 2 aliphatic carbocycles. The molecule has 0 radical (unpaired) electrons. The van der Waals surface area contributed by atoms with Crippen molar-refractivity contribution in [3.63, 3.8) is 0 Å². The first-order valence-corrected chi connectivity index (χ1v) is 7.93. The Hall–Kier alpha value is -1.55. The third kappa shape index (κ3) is 2.77. The van der Waals surface area contributed by atoms with Gasteiger partial charge in [-0.25, -0.2) is 0 Å². The van der Waals surface area contributed by atoms with E-state index < -0.39 is 5.54 Å². The molecule has 0 aliphatic heterocycles. The SMILES string of the molecule is NC(=O)C1(N)CCCC1CCOc1ccc2c(c1)CCC2. The molecule has 1 fully saturated rings. The van der Waals surface area contributed by atoms with Crippen molar-refractivity contribution in [3.05, 3.63) is 29.3 Å².